The minimum atomic E-state index is -0.710. The summed E-state index contributed by atoms with van der Waals surface area (Å²) in [5.74, 6) is -0.721. The van der Waals surface area contributed by atoms with E-state index < -0.39 is 23.8 Å². The van der Waals surface area contributed by atoms with Crippen molar-refractivity contribution in [2.24, 2.45) is 0 Å². The van der Waals surface area contributed by atoms with Crippen LogP contribution in [0.3, 0.4) is 0 Å². The fraction of sp³-hybridized carbons (Fsp3) is 0.250. The highest BCUT2D eigenvalue weighted by Crippen LogP contribution is 2.22. The number of amides is 2. The van der Waals surface area contributed by atoms with Crippen molar-refractivity contribution in [2.75, 3.05) is 40.5 Å². The lowest BCUT2D eigenvalue weighted by Crippen LogP contribution is -2.27. The number of carbonyl (C=O) groups is 4. The van der Waals surface area contributed by atoms with Gasteiger partial charge in [-0.3, -0.25) is 9.59 Å². The van der Waals surface area contributed by atoms with Gasteiger partial charge in [-0.15, -0.1) is 0 Å². The van der Waals surface area contributed by atoms with E-state index >= 15 is 0 Å². The number of ether oxygens (including phenoxy) is 4. The smallest absolute Gasteiger partial charge is 0.340 e. The van der Waals surface area contributed by atoms with Crippen LogP contribution in [-0.4, -0.2) is 69.4 Å². The lowest BCUT2D eigenvalue weighted by Gasteiger charge is -2.09. The number of hydrogen-bond donors (Lipinski definition) is 3. The number of esters is 2. The third-order valence-corrected chi connectivity index (χ3v) is 5.99. The SMILES string of the molecule is C.C=C(C)C(=O)OC(=O)C(=C)C.[C-]#[N+]/C(=C\c1ccccc1OC)C(=O)NCCO.[C-]#[N+]/C(=C\c1ccccc1OC)C(=O)NCCOC(=C)C(=C)C. The van der Waals surface area contributed by atoms with Crippen molar-refractivity contribution in [1.29, 1.82) is 0 Å². The van der Waals surface area contributed by atoms with Crippen LogP contribution in [0.1, 0.15) is 39.3 Å². The molecular weight excluding hydrogens is 680 g/mol. The Bertz CT molecular complexity index is 1750. The molecule has 2 rings (SSSR count). The Balaban J connectivity index is 0. The van der Waals surface area contributed by atoms with Gasteiger partial charge in [0.25, 0.3) is 11.4 Å². The number of nitrogens with one attached hydrogen (secondary N) is 2. The highest BCUT2D eigenvalue weighted by molar-refractivity contribution is 6.01. The predicted molar refractivity (Wildman–Crippen MR) is 206 cm³/mol. The zero-order valence-corrected chi connectivity index (χ0v) is 30.0. The van der Waals surface area contributed by atoms with Gasteiger partial charge in [0.15, 0.2) is 0 Å². The molecule has 0 saturated heterocycles. The number of allylic oxidation sites excluding steroid dienone is 1. The summed E-state index contributed by atoms with van der Waals surface area (Å²) in [5, 5.41) is 13.7. The first-order valence-corrected chi connectivity index (χ1v) is 15.3. The maximum absolute atomic E-state index is 12.0. The van der Waals surface area contributed by atoms with E-state index in [9.17, 15) is 19.2 Å². The van der Waals surface area contributed by atoms with E-state index in [1.807, 2.05) is 12.1 Å². The standard InChI is InChI=1S/C18H20N2O3.C13H14N2O3.C8H10O3.CH4/c1-13(2)14(3)23-11-10-20-18(21)16(19-4)12-15-8-6-7-9-17(15)22-5;1-14-11(13(17)15-7-8-16)9-10-5-3-4-6-12(10)18-2;1-5(2)7(9)11-8(10)6(3)4;/h6-9,12H,1,3,10-11H2,2,5H3,(H,20,21);3-6,9,16H,7-8H2,2H3,(H,15,17);1,3H2,2,4H3;1H4/b16-12-;11-9-;;. The fourth-order valence-corrected chi connectivity index (χ4v) is 3.23. The molecule has 2 amide bonds. The van der Waals surface area contributed by atoms with Crippen molar-refractivity contribution in [2.45, 2.75) is 28.2 Å². The minimum Gasteiger partial charge on any atom is -0.496 e. The number of rotatable bonds is 15. The molecule has 0 bridgehead atoms. The number of benzene rings is 2. The molecular formula is C40H48N4O9. The van der Waals surface area contributed by atoms with E-state index in [1.165, 1.54) is 40.2 Å². The Labute approximate surface area is 312 Å². The summed E-state index contributed by atoms with van der Waals surface area (Å²) >= 11 is 0. The van der Waals surface area contributed by atoms with E-state index in [1.54, 1.807) is 43.3 Å². The quantitative estimate of drug-likeness (QED) is 0.0376. The molecule has 0 spiro atoms. The Morgan fingerprint density at radius 3 is 1.45 bits per heavy atom. The van der Waals surface area contributed by atoms with Crippen LogP contribution in [0.25, 0.3) is 21.8 Å². The van der Waals surface area contributed by atoms with Crippen molar-refractivity contribution < 1.29 is 43.2 Å². The van der Waals surface area contributed by atoms with Crippen LogP contribution in [0.5, 0.6) is 11.5 Å². The van der Waals surface area contributed by atoms with Gasteiger partial charge in [0.1, 0.15) is 23.9 Å². The van der Waals surface area contributed by atoms with Gasteiger partial charge in [0.05, 0.1) is 40.5 Å². The van der Waals surface area contributed by atoms with Gasteiger partial charge in [0, 0.05) is 28.8 Å². The van der Waals surface area contributed by atoms with Crippen molar-refractivity contribution in [3.05, 3.63) is 143 Å². The lowest BCUT2D eigenvalue weighted by atomic mass is 10.1. The van der Waals surface area contributed by atoms with Gasteiger partial charge < -0.3 is 34.7 Å². The third kappa shape index (κ3) is 19.3. The Morgan fingerprint density at radius 2 is 1.11 bits per heavy atom. The largest absolute Gasteiger partial charge is 0.496 e. The molecule has 0 heterocycles. The molecule has 282 valence electrons. The lowest BCUT2D eigenvalue weighted by molar-refractivity contribution is -0.154. The van der Waals surface area contributed by atoms with E-state index in [4.69, 9.17) is 32.5 Å². The van der Waals surface area contributed by atoms with E-state index in [2.05, 4.69) is 51.4 Å². The molecule has 0 unspecified atom stereocenters. The second-order valence-corrected chi connectivity index (χ2v) is 10.3. The molecule has 0 aliphatic rings. The molecule has 2 aromatic carbocycles. The van der Waals surface area contributed by atoms with Gasteiger partial charge in [-0.1, -0.05) is 70.1 Å². The summed E-state index contributed by atoms with van der Waals surface area (Å²) < 4.78 is 19.9. The number of aliphatic hydroxyl groups excluding tert-OH is 1. The van der Waals surface area contributed by atoms with Crippen LogP contribution in [-0.2, 0) is 28.7 Å². The topological polar surface area (TPSA) is 158 Å². The van der Waals surface area contributed by atoms with E-state index in [0.29, 0.717) is 28.4 Å². The van der Waals surface area contributed by atoms with Crippen LogP contribution >= 0.6 is 0 Å². The monoisotopic (exact) mass is 728 g/mol. The van der Waals surface area contributed by atoms with Crippen LogP contribution in [0, 0.1) is 13.1 Å². The highest BCUT2D eigenvalue weighted by atomic mass is 16.6. The van der Waals surface area contributed by atoms with Crippen molar-refractivity contribution in [3.63, 3.8) is 0 Å². The summed E-state index contributed by atoms with van der Waals surface area (Å²) in [6.45, 7) is 33.4. The first-order chi connectivity index (χ1) is 24.7. The van der Waals surface area contributed by atoms with Crippen LogP contribution in [0.15, 0.2) is 109 Å². The average Bonchev–Trinajstić information content (AvgIpc) is 3.13. The maximum Gasteiger partial charge on any atom is 0.340 e. The number of para-hydroxylation sites is 2. The summed E-state index contributed by atoms with van der Waals surface area (Å²) in [6.07, 6.45) is 2.95. The number of hydrogen-bond acceptors (Lipinski definition) is 9. The van der Waals surface area contributed by atoms with Crippen LogP contribution < -0.4 is 20.1 Å². The maximum atomic E-state index is 12.0. The van der Waals surface area contributed by atoms with Crippen molar-refractivity contribution in [3.8, 4) is 11.5 Å². The number of carbonyl (C=O) groups excluding carboxylic acids is 4. The molecule has 0 saturated carbocycles. The second kappa shape index (κ2) is 27.1. The van der Waals surface area contributed by atoms with Gasteiger partial charge in [-0.25, -0.2) is 19.3 Å². The molecule has 53 heavy (non-hydrogen) atoms. The normalized spacial score (nSPS) is 9.89. The average molecular weight is 729 g/mol. The molecule has 0 aliphatic carbocycles. The molecule has 2 aromatic rings. The molecule has 0 aliphatic heterocycles. The van der Waals surface area contributed by atoms with Crippen molar-refractivity contribution >= 4 is 35.9 Å². The van der Waals surface area contributed by atoms with Gasteiger partial charge in [-0.2, -0.15) is 0 Å². The van der Waals surface area contributed by atoms with Gasteiger partial charge in [0.2, 0.25) is 11.8 Å². The molecule has 0 atom stereocenters. The Morgan fingerprint density at radius 1 is 0.717 bits per heavy atom. The summed E-state index contributed by atoms with van der Waals surface area (Å²) in [5.41, 5.74) is 2.38. The Hall–Kier alpha value is -6.70. The summed E-state index contributed by atoms with van der Waals surface area (Å²) in [6, 6.07) is 14.3. The zero-order valence-electron chi connectivity index (χ0n) is 30.0. The molecule has 13 nitrogen and oxygen atoms in total. The number of aliphatic hydroxyl groups is 1. The number of methoxy groups -OCH3 is 2. The molecule has 3 N–H and O–H groups in total. The predicted octanol–water partition coefficient (Wildman–Crippen LogP) is 6.09. The molecule has 0 fully saturated rings. The molecule has 0 aromatic heterocycles. The summed E-state index contributed by atoms with van der Waals surface area (Å²) in [4.78, 5) is 51.4. The third-order valence-electron chi connectivity index (χ3n) is 5.99. The first kappa shape index (κ1) is 48.4. The fourth-order valence-electron chi connectivity index (χ4n) is 3.23. The second-order valence-electron chi connectivity index (χ2n) is 10.3. The van der Waals surface area contributed by atoms with Gasteiger partial charge >= 0.3 is 11.9 Å². The van der Waals surface area contributed by atoms with Crippen LogP contribution in [0.4, 0.5) is 0 Å². The van der Waals surface area contributed by atoms with E-state index in [0.717, 1.165) is 5.57 Å². The van der Waals surface area contributed by atoms with Crippen LogP contribution in [0.2, 0.25) is 0 Å². The van der Waals surface area contributed by atoms with E-state index in [-0.39, 0.29) is 56.3 Å². The summed E-state index contributed by atoms with van der Waals surface area (Å²) in [7, 11) is 3.06. The van der Waals surface area contributed by atoms with Gasteiger partial charge in [-0.05, 0) is 50.6 Å². The highest BCUT2D eigenvalue weighted by Gasteiger charge is 2.12. The molecule has 0 radical (unpaired) electrons. The molecule has 13 heteroatoms. The van der Waals surface area contributed by atoms with Crippen molar-refractivity contribution in [1.82, 2.24) is 10.6 Å². The number of nitrogens with zero attached hydrogens (tertiary/aromatic N) is 2. The minimum absolute atomic E-state index is 0. The Kier molecular flexibility index (Phi) is 24.7. The first-order valence-electron chi connectivity index (χ1n) is 15.3. The zero-order chi connectivity index (χ0) is 39.6.